The summed E-state index contributed by atoms with van der Waals surface area (Å²) in [6, 6.07) is 6.11. The molecule has 0 amide bonds. The van der Waals surface area contributed by atoms with Gasteiger partial charge in [-0.25, -0.2) is 0 Å². The van der Waals surface area contributed by atoms with Crippen molar-refractivity contribution in [3.8, 4) is 0 Å². The van der Waals surface area contributed by atoms with Crippen molar-refractivity contribution < 1.29 is 9.84 Å². The van der Waals surface area contributed by atoms with Crippen LogP contribution in [0.4, 0.5) is 0 Å². The van der Waals surface area contributed by atoms with E-state index in [4.69, 9.17) is 4.74 Å². The van der Waals surface area contributed by atoms with Crippen molar-refractivity contribution in [2.75, 3.05) is 6.61 Å². The maximum atomic E-state index is 10.1. The number of rotatable bonds is 4. The molecule has 1 aromatic rings. The monoisotopic (exact) mass is 208 g/mol. The number of benzene rings is 1. The highest BCUT2D eigenvalue weighted by molar-refractivity contribution is 5.32. The molecule has 0 bridgehead atoms. The largest absolute Gasteiger partial charge is 0.386 e. The second-order valence-corrected chi connectivity index (χ2v) is 3.97. The molecule has 0 aliphatic heterocycles. The van der Waals surface area contributed by atoms with Crippen molar-refractivity contribution in [3.05, 3.63) is 34.9 Å². The van der Waals surface area contributed by atoms with E-state index in [1.54, 1.807) is 0 Å². The number of hydrogen-bond acceptors (Lipinski definition) is 2. The molecule has 1 N–H and O–H groups in total. The first-order chi connectivity index (χ1) is 7.06. The lowest BCUT2D eigenvalue weighted by Gasteiger charge is -2.21. The van der Waals surface area contributed by atoms with Crippen molar-refractivity contribution in [2.24, 2.45) is 0 Å². The van der Waals surface area contributed by atoms with E-state index >= 15 is 0 Å². The van der Waals surface area contributed by atoms with Crippen molar-refractivity contribution in [3.63, 3.8) is 0 Å². The van der Waals surface area contributed by atoms with Gasteiger partial charge >= 0.3 is 0 Å². The molecule has 1 rings (SSSR count). The van der Waals surface area contributed by atoms with Crippen molar-refractivity contribution in [1.82, 2.24) is 0 Å². The van der Waals surface area contributed by atoms with E-state index in [1.807, 2.05) is 39.8 Å². The van der Waals surface area contributed by atoms with Crippen LogP contribution < -0.4 is 0 Å². The Morgan fingerprint density at radius 3 is 2.60 bits per heavy atom. The van der Waals surface area contributed by atoms with Crippen LogP contribution in [0.25, 0.3) is 0 Å². The Morgan fingerprint density at radius 2 is 2.00 bits per heavy atom. The van der Waals surface area contributed by atoms with E-state index in [1.165, 1.54) is 5.56 Å². The second kappa shape index (κ2) is 5.29. The molecule has 0 heterocycles. The molecule has 0 aliphatic carbocycles. The summed E-state index contributed by atoms with van der Waals surface area (Å²) in [5.41, 5.74) is 3.24. The van der Waals surface area contributed by atoms with E-state index in [-0.39, 0.29) is 6.10 Å². The molecule has 0 radical (unpaired) electrons. The zero-order valence-corrected chi connectivity index (χ0v) is 9.95. The van der Waals surface area contributed by atoms with E-state index < -0.39 is 6.10 Å². The molecule has 2 atom stereocenters. The Kier molecular flexibility index (Phi) is 4.30. The van der Waals surface area contributed by atoms with Crippen LogP contribution in [0.15, 0.2) is 18.2 Å². The summed E-state index contributed by atoms with van der Waals surface area (Å²) < 4.78 is 5.40. The van der Waals surface area contributed by atoms with Gasteiger partial charge in [0.1, 0.15) is 6.10 Å². The third kappa shape index (κ3) is 3.05. The Morgan fingerprint density at radius 1 is 1.33 bits per heavy atom. The zero-order chi connectivity index (χ0) is 11.4. The smallest absolute Gasteiger partial charge is 0.105 e. The Bertz CT molecular complexity index is 320. The molecule has 0 spiro atoms. The normalized spacial score (nSPS) is 15.0. The van der Waals surface area contributed by atoms with Gasteiger partial charge in [-0.1, -0.05) is 23.8 Å². The number of aryl methyl sites for hydroxylation is 2. The highest BCUT2D eigenvalue weighted by Crippen LogP contribution is 2.23. The lowest BCUT2D eigenvalue weighted by Crippen LogP contribution is -2.19. The lowest BCUT2D eigenvalue weighted by molar-refractivity contribution is -0.0230. The fraction of sp³-hybridized carbons (Fsp3) is 0.538. The molecule has 2 nitrogen and oxygen atoms in total. The second-order valence-electron chi connectivity index (χ2n) is 3.97. The molecule has 0 saturated carbocycles. The van der Waals surface area contributed by atoms with Crippen LogP contribution in [-0.2, 0) is 4.74 Å². The van der Waals surface area contributed by atoms with Gasteiger partial charge in [0.2, 0.25) is 0 Å². The van der Waals surface area contributed by atoms with Gasteiger partial charge in [0.15, 0.2) is 0 Å². The Balaban J connectivity index is 2.89. The molecular formula is C13H20O2. The number of aliphatic hydroxyl groups excluding tert-OH is 1. The predicted octanol–water partition coefficient (Wildman–Crippen LogP) is 2.76. The predicted molar refractivity (Wildman–Crippen MR) is 62.0 cm³/mol. The molecule has 0 fully saturated rings. The van der Waals surface area contributed by atoms with Crippen LogP contribution in [0.1, 0.15) is 36.6 Å². The summed E-state index contributed by atoms with van der Waals surface area (Å²) in [6.45, 7) is 8.50. The lowest BCUT2D eigenvalue weighted by atomic mass is 9.98. The molecule has 15 heavy (non-hydrogen) atoms. The minimum absolute atomic E-state index is 0.157. The Labute approximate surface area is 91.9 Å². The fourth-order valence-corrected chi connectivity index (χ4v) is 1.69. The first kappa shape index (κ1) is 12.2. The topological polar surface area (TPSA) is 29.5 Å². The molecule has 1 aromatic carbocycles. The van der Waals surface area contributed by atoms with Crippen LogP contribution >= 0.6 is 0 Å². The summed E-state index contributed by atoms with van der Waals surface area (Å²) in [5.74, 6) is 0. The van der Waals surface area contributed by atoms with Gasteiger partial charge in [-0.15, -0.1) is 0 Å². The molecule has 0 saturated heterocycles. The van der Waals surface area contributed by atoms with Gasteiger partial charge in [-0.2, -0.15) is 0 Å². The summed E-state index contributed by atoms with van der Waals surface area (Å²) in [5, 5.41) is 10.1. The summed E-state index contributed by atoms with van der Waals surface area (Å²) in [6.07, 6.45) is -0.694. The first-order valence-corrected chi connectivity index (χ1v) is 5.43. The molecule has 2 heteroatoms. The number of hydrogen-bond donors (Lipinski definition) is 1. The number of aliphatic hydroxyl groups is 1. The maximum Gasteiger partial charge on any atom is 0.105 e. The van der Waals surface area contributed by atoms with E-state index in [2.05, 4.69) is 6.07 Å². The van der Waals surface area contributed by atoms with E-state index in [0.717, 1.165) is 11.1 Å². The van der Waals surface area contributed by atoms with Crippen LogP contribution in [0.2, 0.25) is 0 Å². The number of ether oxygens (including phenoxy) is 1. The average Bonchev–Trinajstić information content (AvgIpc) is 2.21. The van der Waals surface area contributed by atoms with Gasteiger partial charge in [0.05, 0.1) is 6.10 Å². The van der Waals surface area contributed by atoms with Gasteiger partial charge < -0.3 is 9.84 Å². The van der Waals surface area contributed by atoms with Gasteiger partial charge in [0, 0.05) is 6.61 Å². The summed E-state index contributed by atoms with van der Waals surface area (Å²) in [4.78, 5) is 0. The molecule has 0 aliphatic rings. The van der Waals surface area contributed by atoms with Crippen molar-refractivity contribution in [1.29, 1.82) is 0 Å². The molecule has 84 valence electrons. The van der Waals surface area contributed by atoms with Crippen LogP contribution in [-0.4, -0.2) is 17.8 Å². The maximum absolute atomic E-state index is 10.1. The highest BCUT2D eigenvalue weighted by atomic mass is 16.5. The fourth-order valence-electron chi connectivity index (χ4n) is 1.69. The minimum Gasteiger partial charge on any atom is -0.386 e. The average molecular weight is 208 g/mol. The van der Waals surface area contributed by atoms with Gasteiger partial charge in [-0.05, 0) is 38.8 Å². The summed E-state index contributed by atoms with van der Waals surface area (Å²) >= 11 is 0. The highest BCUT2D eigenvalue weighted by Gasteiger charge is 2.18. The Hall–Kier alpha value is -0.860. The summed E-state index contributed by atoms with van der Waals surface area (Å²) in [7, 11) is 0. The quantitative estimate of drug-likeness (QED) is 0.824. The first-order valence-electron chi connectivity index (χ1n) is 5.43. The minimum atomic E-state index is -0.537. The molecular weight excluding hydrogens is 188 g/mol. The van der Waals surface area contributed by atoms with E-state index in [0.29, 0.717) is 6.61 Å². The van der Waals surface area contributed by atoms with Crippen LogP contribution in [0.3, 0.4) is 0 Å². The zero-order valence-electron chi connectivity index (χ0n) is 9.95. The van der Waals surface area contributed by atoms with Gasteiger partial charge in [0.25, 0.3) is 0 Å². The van der Waals surface area contributed by atoms with Crippen molar-refractivity contribution >= 4 is 0 Å². The van der Waals surface area contributed by atoms with Crippen LogP contribution in [0, 0.1) is 13.8 Å². The van der Waals surface area contributed by atoms with Crippen molar-refractivity contribution in [2.45, 2.75) is 39.9 Å². The van der Waals surface area contributed by atoms with Crippen LogP contribution in [0.5, 0.6) is 0 Å². The van der Waals surface area contributed by atoms with Gasteiger partial charge in [-0.3, -0.25) is 0 Å². The molecule has 0 aromatic heterocycles. The van der Waals surface area contributed by atoms with E-state index in [9.17, 15) is 5.11 Å². The third-order valence-corrected chi connectivity index (χ3v) is 2.63. The standard InChI is InChI=1S/C13H20O2/c1-5-15-11(4)13(14)12-8-9(2)6-7-10(12)3/h6-8,11,13-14H,5H2,1-4H3. The SMILES string of the molecule is CCOC(C)C(O)c1cc(C)ccc1C. The third-order valence-electron chi connectivity index (χ3n) is 2.63. The molecule has 2 unspecified atom stereocenters.